The first-order valence-electron chi connectivity index (χ1n) is 8.68. The Morgan fingerprint density at radius 3 is 1.67 bits per heavy atom. The molecule has 0 saturated carbocycles. The minimum absolute atomic E-state index is 0.401. The van der Waals surface area contributed by atoms with Gasteiger partial charge in [0.15, 0.2) is 11.5 Å². The number of carbonyl (C=O) groups excluding carboxylic acids is 1. The molecule has 3 rings (SSSR count). The second-order valence-electron chi connectivity index (χ2n) is 5.98. The lowest BCUT2D eigenvalue weighted by molar-refractivity contribution is 0.1000. The van der Waals surface area contributed by atoms with Gasteiger partial charge in [0.2, 0.25) is 5.91 Å². The highest BCUT2D eigenvalue weighted by Gasteiger charge is 2.07. The van der Waals surface area contributed by atoms with Crippen molar-refractivity contribution < 1.29 is 14.3 Å². The number of nitrogens with two attached hydrogens (primary N) is 1. The number of primary amides is 1. The van der Waals surface area contributed by atoms with Crippen LogP contribution < -0.4 is 15.2 Å². The van der Waals surface area contributed by atoms with Crippen LogP contribution in [0.3, 0.4) is 0 Å². The van der Waals surface area contributed by atoms with Crippen LogP contribution >= 0.6 is 0 Å². The molecular formula is C23H25NO3. The van der Waals surface area contributed by atoms with Gasteiger partial charge >= 0.3 is 0 Å². The highest BCUT2D eigenvalue weighted by Crippen LogP contribution is 2.27. The average molecular weight is 363 g/mol. The molecule has 0 aromatic heterocycles. The second kappa shape index (κ2) is 10.0. The van der Waals surface area contributed by atoms with Gasteiger partial charge in [0, 0.05) is 11.5 Å². The summed E-state index contributed by atoms with van der Waals surface area (Å²) in [5.41, 5.74) is 8.24. The third kappa shape index (κ3) is 5.61. The summed E-state index contributed by atoms with van der Waals surface area (Å²) >= 11 is 0. The van der Waals surface area contributed by atoms with E-state index in [1.54, 1.807) is 18.2 Å². The maximum absolute atomic E-state index is 10.8. The third-order valence-corrected chi connectivity index (χ3v) is 4.27. The van der Waals surface area contributed by atoms with Crippen molar-refractivity contribution in [2.75, 3.05) is 14.2 Å². The molecule has 140 valence electrons. The monoisotopic (exact) mass is 363 g/mol. The van der Waals surface area contributed by atoms with Gasteiger partial charge < -0.3 is 15.2 Å². The molecule has 0 atom stereocenters. The maximum Gasteiger partial charge on any atom is 0.248 e. The Morgan fingerprint density at radius 2 is 1.26 bits per heavy atom. The normalized spacial score (nSPS) is 9.93. The molecule has 0 bridgehead atoms. The summed E-state index contributed by atoms with van der Waals surface area (Å²) < 4.78 is 9.99. The molecule has 27 heavy (non-hydrogen) atoms. The van der Waals surface area contributed by atoms with Crippen LogP contribution in [0.4, 0.5) is 0 Å². The number of rotatable bonds is 5. The molecule has 0 aliphatic carbocycles. The molecule has 0 radical (unpaired) electrons. The summed E-state index contributed by atoms with van der Waals surface area (Å²) in [7, 11) is 3.03. The van der Waals surface area contributed by atoms with Gasteiger partial charge in [0.25, 0.3) is 0 Å². The number of carbonyl (C=O) groups is 1. The number of amides is 1. The van der Waals surface area contributed by atoms with E-state index in [4.69, 9.17) is 15.2 Å². The summed E-state index contributed by atoms with van der Waals surface area (Å²) in [6.45, 7) is 2.24. The lowest BCUT2D eigenvalue weighted by Crippen LogP contribution is -2.10. The minimum atomic E-state index is -0.485. The molecule has 4 nitrogen and oxygen atoms in total. The van der Waals surface area contributed by atoms with E-state index in [1.807, 2.05) is 0 Å². The zero-order chi connectivity index (χ0) is 19.6. The highest BCUT2D eigenvalue weighted by molar-refractivity contribution is 5.93. The standard InChI is InChI=1S/C14H14.C9H11NO3/c1-12(13-8-4-2-5-9-13)14-10-6-3-7-11-14;1-12-7-4-3-6(9(10)11)5-8(7)13-2/h2-12H,1H3;3-5H,1-2H3,(H2,10,11). The fourth-order valence-corrected chi connectivity index (χ4v) is 2.67. The Bertz CT molecular complexity index is 809. The van der Waals surface area contributed by atoms with Gasteiger partial charge in [-0.15, -0.1) is 0 Å². The van der Waals surface area contributed by atoms with Crippen molar-refractivity contribution in [3.05, 3.63) is 95.6 Å². The van der Waals surface area contributed by atoms with Crippen molar-refractivity contribution in [3.8, 4) is 11.5 Å². The van der Waals surface area contributed by atoms with Gasteiger partial charge in [-0.25, -0.2) is 0 Å². The predicted octanol–water partition coefficient (Wildman–Crippen LogP) is 4.64. The van der Waals surface area contributed by atoms with Crippen molar-refractivity contribution >= 4 is 5.91 Å². The van der Waals surface area contributed by atoms with Crippen molar-refractivity contribution in [1.82, 2.24) is 0 Å². The molecule has 0 aliphatic rings. The largest absolute Gasteiger partial charge is 0.493 e. The molecule has 0 spiro atoms. The molecule has 2 N–H and O–H groups in total. The number of ether oxygens (including phenoxy) is 2. The fraction of sp³-hybridized carbons (Fsp3) is 0.174. The van der Waals surface area contributed by atoms with Gasteiger partial charge in [-0.1, -0.05) is 67.6 Å². The molecule has 1 amide bonds. The van der Waals surface area contributed by atoms with E-state index in [0.717, 1.165) is 0 Å². The summed E-state index contributed by atoms with van der Waals surface area (Å²) in [6.07, 6.45) is 0. The first-order chi connectivity index (χ1) is 13.1. The zero-order valence-corrected chi connectivity index (χ0v) is 15.9. The Hall–Kier alpha value is -3.27. The van der Waals surface area contributed by atoms with Gasteiger partial charge in [0.1, 0.15) is 0 Å². The number of methoxy groups -OCH3 is 2. The maximum atomic E-state index is 10.8. The second-order valence-corrected chi connectivity index (χ2v) is 5.98. The van der Waals surface area contributed by atoms with Crippen molar-refractivity contribution in [2.24, 2.45) is 5.73 Å². The molecule has 0 unspecified atom stereocenters. The molecule has 0 saturated heterocycles. The molecular weight excluding hydrogens is 338 g/mol. The topological polar surface area (TPSA) is 61.5 Å². The van der Waals surface area contributed by atoms with Gasteiger partial charge in [-0.3, -0.25) is 4.79 Å². The summed E-state index contributed by atoms with van der Waals surface area (Å²) in [5.74, 6) is 1.07. The van der Waals surface area contributed by atoms with Crippen LogP contribution in [0.1, 0.15) is 34.3 Å². The summed E-state index contributed by atoms with van der Waals surface area (Å²) in [5, 5.41) is 0. The fourth-order valence-electron chi connectivity index (χ4n) is 2.67. The van der Waals surface area contributed by atoms with E-state index in [1.165, 1.54) is 25.3 Å². The summed E-state index contributed by atoms with van der Waals surface area (Å²) in [6, 6.07) is 26.0. The van der Waals surface area contributed by atoms with Crippen LogP contribution in [0.5, 0.6) is 11.5 Å². The molecule has 0 aliphatic heterocycles. The number of benzene rings is 3. The Morgan fingerprint density at radius 1 is 0.778 bits per heavy atom. The SMILES string of the molecule is CC(c1ccccc1)c1ccccc1.COc1ccc(C(N)=O)cc1OC. The Kier molecular flexibility index (Phi) is 7.44. The molecule has 3 aromatic carbocycles. The lowest BCUT2D eigenvalue weighted by atomic mass is 9.93. The van der Waals surface area contributed by atoms with E-state index < -0.39 is 5.91 Å². The first-order valence-corrected chi connectivity index (χ1v) is 8.68. The minimum Gasteiger partial charge on any atom is -0.493 e. The van der Waals surface area contributed by atoms with E-state index in [0.29, 0.717) is 23.0 Å². The lowest BCUT2D eigenvalue weighted by Gasteiger charge is -2.11. The zero-order valence-electron chi connectivity index (χ0n) is 15.9. The molecule has 0 heterocycles. The third-order valence-electron chi connectivity index (χ3n) is 4.27. The van der Waals surface area contributed by atoms with Crippen LogP contribution in [0.2, 0.25) is 0 Å². The Labute approximate surface area is 160 Å². The average Bonchev–Trinajstić information content (AvgIpc) is 2.74. The van der Waals surface area contributed by atoms with Crippen LogP contribution in [0.25, 0.3) is 0 Å². The van der Waals surface area contributed by atoms with Crippen LogP contribution in [0, 0.1) is 0 Å². The van der Waals surface area contributed by atoms with Crippen LogP contribution in [-0.2, 0) is 0 Å². The highest BCUT2D eigenvalue weighted by atomic mass is 16.5. The van der Waals surface area contributed by atoms with Crippen molar-refractivity contribution in [3.63, 3.8) is 0 Å². The van der Waals surface area contributed by atoms with E-state index in [2.05, 4.69) is 67.6 Å². The predicted molar refractivity (Wildman–Crippen MR) is 108 cm³/mol. The number of hydrogen-bond donors (Lipinski definition) is 1. The van der Waals surface area contributed by atoms with Gasteiger partial charge in [-0.2, -0.15) is 0 Å². The smallest absolute Gasteiger partial charge is 0.248 e. The Balaban J connectivity index is 0.000000194. The number of hydrogen-bond acceptors (Lipinski definition) is 3. The summed E-state index contributed by atoms with van der Waals surface area (Å²) in [4.78, 5) is 10.8. The first kappa shape index (κ1) is 20.0. The quantitative estimate of drug-likeness (QED) is 0.718. The van der Waals surface area contributed by atoms with Crippen molar-refractivity contribution in [2.45, 2.75) is 12.8 Å². The van der Waals surface area contributed by atoms with Crippen LogP contribution in [0.15, 0.2) is 78.9 Å². The molecule has 4 heteroatoms. The van der Waals surface area contributed by atoms with Crippen LogP contribution in [-0.4, -0.2) is 20.1 Å². The molecule has 0 fully saturated rings. The van der Waals surface area contributed by atoms with E-state index in [-0.39, 0.29) is 0 Å². The van der Waals surface area contributed by atoms with Gasteiger partial charge in [0.05, 0.1) is 14.2 Å². The van der Waals surface area contributed by atoms with Gasteiger partial charge in [-0.05, 0) is 29.3 Å². The van der Waals surface area contributed by atoms with Crippen molar-refractivity contribution in [1.29, 1.82) is 0 Å². The molecule has 3 aromatic rings. The van der Waals surface area contributed by atoms with E-state index >= 15 is 0 Å². The van der Waals surface area contributed by atoms with E-state index in [9.17, 15) is 4.79 Å².